The number of hydrogen-bond acceptors (Lipinski definition) is 3. The molecule has 2 nitrogen and oxygen atoms in total. The number of nitrogens with one attached hydrogen (secondary N) is 1. The third kappa shape index (κ3) is 2.91. The highest BCUT2D eigenvalue weighted by Gasteiger charge is 2.23. The maximum absolute atomic E-state index is 13.2. The normalized spacial score (nSPS) is 18.0. The molecular weight excluding hydrogens is 271 g/mol. The van der Waals surface area contributed by atoms with E-state index in [0.717, 1.165) is 30.0 Å². The molecule has 1 heterocycles. The number of benzene rings is 1. The zero-order valence-electron chi connectivity index (χ0n) is 11.7. The Hall–Kier alpha value is -1.26. The summed E-state index contributed by atoms with van der Waals surface area (Å²) in [5.41, 5.74) is 2.25. The summed E-state index contributed by atoms with van der Waals surface area (Å²) >= 11 is 1.79. The van der Waals surface area contributed by atoms with Crippen LogP contribution in [0.4, 0.5) is 4.39 Å². The SMILES string of the molecule is CCNC1CCCc2nc(Cc3cccc(F)c3)sc21. The van der Waals surface area contributed by atoms with E-state index in [0.29, 0.717) is 6.04 Å². The molecule has 1 aromatic carbocycles. The predicted octanol–water partition coefficient (Wildman–Crippen LogP) is 3.86. The molecule has 1 aromatic heterocycles. The third-order valence-corrected chi connectivity index (χ3v) is 4.90. The Morgan fingerprint density at radius 3 is 3.15 bits per heavy atom. The molecule has 4 heteroatoms. The lowest BCUT2D eigenvalue weighted by Crippen LogP contribution is -2.23. The van der Waals surface area contributed by atoms with Crippen LogP contribution in [-0.2, 0) is 12.8 Å². The number of fused-ring (bicyclic) bond motifs is 1. The van der Waals surface area contributed by atoms with E-state index in [4.69, 9.17) is 4.98 Å². The zero-order valence-corrected chi connectivity index (χ0v) is 12.5. The van der Waals surface area contributed by atoms with Gasteiger partial charge in [-0.3, -0.25) is 0 Å². The van der Waals surface area contributed by atoms with E-state index >= 15 is 0 Å². The molecule has 0 bridgehead atoms. The maximum atomic E-state index is 13.2. The van der Waals surface area contributed by atoms with Crippen LogP contribution in [0, 0.1) is 5.82 Å². The lowest BCUT2D eigenvalue weighted by molar-refractivity contribution is 0.476. The topological polar surface area (TPSA) is 24.9 Å². The molecule has 1 unspecified atom stereocenters. The van der Waals surface area contributed by atoms with Gasteiger partial charge in [0.05, 0.1) is 10.7 Å². The summed E-state index contributed by atoms with van der Waals surface area (Å²) in [6.07, 6.45) is 4.21. The first-order chi connectivity index (χ1) is 9.76. The maximum Gasteiger partial charge on any atom is 0.123 e. The van der Waals surface area contributed by atoms with E-state index in [2.05, 4.69) is 12.2 Å². The molecular formula is C16H19FN2S. The molecule has 0 radical (unpaired) electrons. The second-order valence-corrected chi connectivity index (χ2v) is 6.34. The average Bonchev–Trinajstić information content (AvgIpc) is 2.82. The fourth-order valence-corrected chi connectivity index (χ4v) is 4.07. The van der Waals surface area contributed by atoms with Crippen LogP contribution >= 0.6 is 11.3 Å². The number of aromatic nitrogens is 1. The van der Waals surface area contributed by atoms with E-state index in [1.54, 1.807) is 23.5 Å². The number of aryl methyl sites for hydroxylation is 1. The van der Waals surface area contributed by atoms with Crippen molar-refractivity contribution in [3.05, 3.63) is 51.2 Å². The van der Waals surface area contributed by atoms with Gasteiger partial charge in [-0.25, -0.2) is 9.37 Å². The molecule has 0 saturated heterocycles. The van der Waals surface area contributed by atoms with Crippen LogP contribution in [0.2, 0.25) is 0 Å². The van der Waals surface area contributed by atoms with Gasteiger partial charge in [0, 0.05) is 17.3 Å². The first kappa shape index (κ1) is 13.7. The molecule has 0 fully saturated rings. The van der Waals surface area contributed by atoms with E-state index in [1.165, 1.54) is 29.5 Å². The number of hydrogen-bond donors (Lipinski definition) is 1. The highest BCUT2D eigenvalue weighted by Crippen LogP contribution is 2.34. The van der Waals surface area contributed by atoms with Gasteiger partial charge >= 0.3 is 0 Å². The summed E-state index contributed by atoms with van der Waals surface area (Å²) in [5.74, 6) is -0.172. The highest BCUT2D eigenvalue weighted by atomic mass is 32.1. The Morgan fingerprint density at radius 2 is 2.35 bits per heavy atom. The third-order valence-electron chi connectivity index (χ3n) is 3.69. The van der Waals surface area contributed by atoms with Gasteiger partial charge in [-0.2, -0.15) is 0 Å². The van der Waals surface area contributed by atoms with Crippen molar-refractivity contribution in [1.82, 2.24) is 10.3 Å². The lowest BCUT2D eigenvalue weighted by atomic mass is 9.98. The molecule has 2 aromatic rings. The van der Waals surface area contributed by atoms with Crippen molar-refractivity contribution in [3.63, 3.8) is 0 Å². The van der Waals surface area contributed by atoms with Crippen LogP contribution in [0.25, 0.3) is 0 Å². The van der Waals surface area contributed by atoms with Gasteiger partial charge in [0.2, 0.25) is 0 Å². The van der Waals surface area contributed by atoms with Gasteiger partial charge < -0.3 is 5.32 Å². The lowest BCUT2D eigenvalue weighted by Gasteiger charge is -2.21. The van der Waals surface area contributed by atoms with Crippen LogP contribution < -0.4 is 5.32 Å². The average molecular weight is 290 g/mol. The molecule has 1 aliphatic rings. The van der Waals surface area contributed by atoms with Gasteiger partial charge in [-0.15, -0.1) is 11.3 Å². The first-order valence-electron chi connectivity index (χ1n) is 7.22. The molecule has 106 valence electrons. The minimum atomic E-state index is -0.172. The van der Waals surface area contributed by atoms with Crippen LogP contribution in [0.3, 0.4) is 0 Å². The minimum Gasteiger partial charge on any atom is -0.309 e. The first-order valence-corrected chi connectivity index (χ1v) is 8.04. The number of rotatable bonds is 4. The summed E-state index contributed by atoms with van der Waals surface area (Å²) in [7, 11) is 0. The summed E-state index contributed by atoms with van der Waals surface area (Å²) < 4.78 is 13.2. The van der Waals surface area contributed by atoms with Crippen molar-refractivity contribution in [2.24, 2.45) is 0 Å². The number of halogens is 1. The molecule has 1 N–H and O–H groups in total. The standard InChI is InChI=1S/C16H19FN2S/c1-2-18-13-7-4-8-14-16(13)20-15(19-14)10-11-5-3-6-12(17)9-11/h3,5-6,9,13,18H,2,4,7-8,10H2,1H3. The van der Waals surface area contributed by atoms with E-state index < -0.39 is 0 Å². The summed E-state index contributed by atoms with van der Waals surface area (Å²) in [6.45, 7) is 3.13. The Kier molecular flexibility index (Phi) is 4.13. The number of nitrogens with zero attached hydrogens (tertiary/aromatic N) is 1. The Balaban J connectivity index is 1.82. The molecule has 0 aliphatic heterocycles. The molecule has 20 heavy (non-hydrogen) atoms. The Bertz CT molecular complexity index is 594. The highest BCUT2D eigenvalue weighted by molar-refractivity contribution is 7.11. The fourth-order valence-electron chi connectivity index (χ4n) is 2.81. The largest absolute Gasteiger partial charge is 0.309 e. The van der Waals surface area contributed by atoms with Crippen molar-refractivity contribution in [3.8, 4) is 0 Å². The zero-order chi connectivity index (χ0) is 13.9. The fraction of sp³-hybridized carbons (Fsp3) is 0.438. The molecule has 1 atom stereocenters. The van der Waals surface area contributed by atoms with E-state index in [-0.39, 0.29) is 5.82 Å². The molecule has 3 rings (SSSR count). The molecule has 0 saturated carbocycles. The molecule has 1 aliphatic carbocycles. The van der Waals surface area contributed by atoms with Crippen LogP contribution in [0.15, 0.2) is 24.3 Å². The Labute approximate surface area is 123 Å². The minimum absolute atomic E-state index is 0.172. The van der Waals surface area contributed by atoms with Gasteiger partial charge in [-0.1, -0.05) is 19.1 Å². The Morgan fingerprint density at radius 1 is 1.45 bits per heavy atom. The van der Waals surface area contributed by atoms with Crippen LogP contribution in [0.1, 0.15) is 46.9 Å². The van der Waals surface area contributed by atoms with E-state index in [9.17, 15) is 4.39 Å². The summed E-state index contributed by atoms with van der Waals surface area (Å²) in [5, 5.41) is 4.64. The van der Waals surface area contributed by atoms with Crippen molar-refractivity contribution in [2.45, 2.75) is 38.6 Å². The number of thiazole rings is 1. The van der Waals surface area contributed by atoms with Crippen LogP contribution in [0.5, 0.6) is 0 Å². The van der Waals surface area contributed by atoms with Gasteiger partial charge in [0.1, 0.15) is 5.82 Å². The van der Waals surface area contributed by atoms with E-state index in [1.807, 2.05) is 6.07 Å². The van der Waals surface area contributed by atoms with Crippen molar-refractivity contribution >= 4 is 11.3 Å². The second-order valence-electron chi connectivity index (χ2n) is 5.23. The van der Waals surface area contributed by atoms with Crippen molar-refractivity contribution in [2.75, 3.05) is 6.54 Å². The smallest absolute Gasteiger partial charge is 0.123 e. The summed E-state index contributed by atoms with van der Waals surface area (Å²) in [6, 6.07) is 7.27. The second kappa shape index (κ2) is 6.02. The summed E-state index contributed by atoms with van der Waals surface area (Å²) in [4.78, 5) is 6.16. The molecule has 0 amide bonds. The quantitative estimate of drug-likeness (QED) is 0.925. The van der Waals surface area contributed by atoms with Crippen LogP contribution in [-0.4, -0.2) is 11.5 Å². The monoisotopic (exact) mass is 290 g/mol. The predicted molar refractivity (Wildman–Crippen MR) is 80.7 cm³/mol. The van der Waals surface area contributed by atoms with Gasteiger partial charge in [0.25, 0.3) is 0 Å². The van der Waals surface area contributed by atoms with Crippen molar-refractivity contribution < 1.29 is 4.39 Å². The van der Waals surface area contributed by atoms with Crippen molar-refractivity contribution in [1.29, 1.82) is 0 Å². The van der Waals surface area contributed by atoms with Gasteiger partial charge in [0.15, 0.2) is 0 Å². The van der Waals surface area contributed by atoms with Gasteiger partial charge in [-0.05, 0) is 43.5 Å². The molecule has 0 spiro atoms.